The molecule has 0 aromatic carbocycles. The van der Waals surface area contributed by atoms with Gasteiger partial charge in [-0.2, -0.15) is 0 Å². The summed E-state index contributed by atoms with van der Waals surface area (Å²) in [4.78, 5) is 2.19. The summed E-state index contributed by atoms with van der Waals surface area (Å²) in [5, 5.41) is 4.66. The number of nitrogens with one attached hydrogen (secondary N) is 2. The highest BCUT2D eigenvalue weighted by Gasteiger charge is 2.20. The highest BCUT2D eigenvalue weighted by Crippen LogP contribution is 2.28. The van der Waals surface area contributed by atoms with Crippen LogP contribution in [0.3, 0.4) is 0 Å². The molecule has 0 bridgehead atoms. The van der Waals surface area contributed by atoms with Crippen molar-refractivity contribution in [2.45, 2.75) is 24.4 Å². The van der Waals surface area contributed by atoms with Crippen molar-refractivity contribution in [3.8, 4) is 0 Å². The third-order valence-electron chi connectivity index (χ3n) is 2.64. The van der Waals surface area contributed by atoms with Crippen molar-refractivity contribution in [1.82, 2.24) is 10.0 Å². The van der Waals surface area contributed by atoms with Gasteiger partial charge in [0, 0.05) is 21.7 Å². The molecule has 0 saturated carbocycles. The molecule has 8 heteroatoms. The van der Waals surface area contributed by atoms with E-state index in [2.05, 4.69) is 10.0 Å². The van der Waals surface area contributed by atoms with E-state index in [1.807, 2.05) is 13.1 Å². The first-order valence-electron chi connectivity index (χ1n) is 5.92. The van der Waals surface area contributed by atoms with Gasteiger partial charge in [0.1, 0.15) is 0 Å². The van der Waals surface area contributed by atoms with Crippen LogP contribution in [-0.2, 0) is 16.6 Å². The molecular formula is C12H15ClN2O2S3. The van der Waals surface area contributed by atoms with Crippen LogP contribution >= 0.6 is 34.3 Å². The zero-order valence-corrected chi connectivity index (χ0v) is 14.2. The molecule has 20 heavy (non-hydrogen) atoms. The molecule has 2 N–H and O–H groups in total. The zero-order chi connectivity index (χ0) is 14.8. The fraction of sp³-hybridized carbons (Fsp3) is 0.333. The van der Waals surface area contributed by atoms with Crippen LogP contribution in [0.1, 0.15) is 22.7 Å². The second-order valence-electron chi connectivity index (χ2n) is 4.26. The third kappa shape index (κ3) is 3.81. The van der Waals surface area contributed by atoms with Crippen LogP contribution in [-0.4, -0.2) is 15.5 Å². The number of halogens is 1. The van der Waals surface area contributed by atoms with Gasteiger partial charge in [0.2, 0.25) is 10.0 Å². The van der Waals surface area contributed by atoms with Crippen molar-refractivity contribution in [3.63, 3.8) is 0 Å². The van der Waals surface area contributed by atoms with Crippen LogP contribution < -0.4 is 10.0 Å². The minimum Gasteiger partial charge on any atom is -0.315 e. The maximum absolute atomic E-state index is 12.3. The van der Waals surface area contributed by atoms with Crippen molar-refractivity contribution < 1.29 is 8.42 Å². The van der Waals surface area contributed by atoms with E-state index in [0.717, 1.165) is 9.75 Å². The molecule has 0 saturated heterocycles. The van der Waals surface area contributed by atoms with Crippen LogP contribution in [0.2, 0.25) is 4.34 Å². The van der Waals surface area contributed by atoms with Crippen LogP contribution in [0, 0.1) is 0 Å². The molecule has 2 heterocycles. The van der Waals surface area contributed by atoms with E-state index in [9.17, 15) is 8.42 Å². The highest BCUT2D eigenvalue weighted by atomic mass is 35.5. The summed E-state index contributed by atoms with van der Waals surface area (Å²) in [7, 11) is -1.67. The first-order chi connectivity index (χ1) is 9.42. The van der Waals surface area contributed by atoms with E-state index in [4.69, 9.17) is 11.6 Å². The molecule has 0 amide bonds. The van der Waals surface area contributed by atoms with Gasteiger partial charge in [-0.1, -0.05) is 11.6 Å². The van der Waals surface area contributed by atoms with Crippen LogP contribution in [0.4, 0.5) is 0 Å². The van der Waals surface area contributed by atoms with Crippen molar-refractivity contribution in [3.05, 3.63) is 37.7 Å². The molecule has 0 fully saturated rings. The SMILES string of the molecule is CNCc1cc(S(=O)(=O)NC(C)c2ccc(Cl)s2)cs1. The molecule has 1 unspecified atom stereocenters. The Morgan fingerprint density at radius 1 is 1.40 bits per heavy atom. The van der Waals surface area contributed by atoms with Gasteiger partial charge in [0.15, 0.2) is 0 Å². The van der Waals surface area contributed by atoms with E-state index < -0.39 is 10.0 Å². The standard InChI is InChI=1S/C12H15ClN2O2S3/c1-8(11-3-4-12(13)19-11)15-20(16,17)10-5-9(6-14-2)18-7-10/h3-5,7-8,14-15H,6H2,1-2H3. The van der Waals surface area contributed by atoms with E-state index in [1.165, 1.54) is 22.7 Å². The Balaban J connectivity index is 2.13. The fourth-order valence-corrected chi connectivity index (χ4v) is 5.34. The number of hydrogen-bond acceptors (Lipinski definition) is 5. The van der Waals surface area contributed by atoms with Gasteiger partial charge in [-0.05, 0) is 32.2 Å². The molecule has 0 spiro atoms. The largest absolute Gasteiger partial charge is 0.315 e. The van der Waals surface area contributed by atoms with Crippen LogP contribution in [0.5, 0.6) is 0 Å². The summed E-state index contributed by atoms with van der Waals surface area (Å²) in [5.41, 5.74) is 0. The zero-order valence-electron chi connectivity index (χ0n) is 11.0. The van der Waals surface area contributed by atoms with Crippen molar-refractivity contribution in [2.24, 2.45) is 0 Å². The average Bonchev–Trinajstić information content (AvgIpc) is 2.98. The van der Waals surface area contributed by atoms with E-state index in [1.54, 1.807) is 24.4 Å². The molecule has 2 aromatic rings. The van der Waals surface area contributed by atoms with E-state index >= 15 is 0 Å². The lowest BCUT2D eigenvalue weighted by Gasteiger charge is -2.11. The average molecular weight is 351 g/mol. The molecule has 2 rings (SSSR count). The summed E-state index contributed by atoms with van der Waals surface area (Å²) in [6, 6.07) is 4.99. The van der Waals surface area contributed by atoms with Crippen molar-refractivity contribution in [2.75, 3.05) is 7.05 Å². The van der Waals surface area contributed by atoms with E-state index in [-0.39, 0.29) is 6.04 Å². The van der Waals surface area contributed by atoms with Gasteiger partial charge in [0.05, 0.1) is 15.3 Å². The van der Waals surface area contributed by atoms with Gasteiger partial charge in [0.25, 0.3) is 0 Å². The second kappa shape index (κ2) is 6.55. The Bertz CT molecular complexity index is 678. The Kier molecular flexibility index (Phi) is 5.22. The third-order valence-corrected chi connectivity index (χ3v) is 6.66. The lowest BCUT2D eigenvalue weighted by molar-refractivity contribution is 0.569. The molecule has 2 aromatic heterocycles. The number of rotatable bonds is 6. The van der Waals surface area contributed by atoms with E-state index in [0.29, 0.717) is 15.8 Å². The predicted octanol–water partition coefficient (Wildman–Crippen LogP) is 3.22. The molecule has 0 aliphatic heterocycles. The first kappa shape index (κ1) is 15.9. The van der Waals surface area contributed by atoms with Gasteiger partial charge >= 0.3 is 0 Å². The molecule has 0 radical (unpaired) electrons. The summed E-state index contributed by atoms with van der Waals surface area (Å²) < 4.78 is 27.9. The highest BCUT2D eigenvalue weighted by molar-refractivity contribution is 7.89. The fourth-order valence-electron chi connectivity index (χ4n) is 1.69. The number of thiophene rings is 2. The molecule has 4 nitrogen and oxygen atoms in total. The Morgan fingerprint density at radius 3 is 2.75 bits per heavy atom. The van der Waals surface area contributed by atoms with Crippen LogP contribution in [0.15, 0.2) is 28.5 Å². The van der Waals surface area contributed by atoms with Gasteiger partial charge in [-0.3, -0.25) is 0 Å². The summed E-state index contributed by atoms with van der Waals surface area (Å²) in [6.07, 6.45) is 0. The molecule has 110 valence electrons. The number of sulfonamides is 1. The maximum atomic E-state index is 12.3. The maximum Gasteiger partial charge on any atom is 0.241 e. The second-order valence-corrected chi connectivity index (χ2v) is 8.72. The van der Waals surface area contributed by atoms with Gasteiger partial charge in [-0.15, -0.1) is 22.7 Å². The van der Waals surface area contributed by atoms with Crippen molar-refractivity contribution >= 4 is 44.3 Å². The van der Waals surface area contributed by atoms with Crippen molar-refractivity contribution in [1.29, 1.82) is 0 Å². The Morgan fingerprint density at radius 2 is 2.15 bits per heavy atom. The minimum absolute atomic E-state index is 0.301. The summed E-state index contributed by atoms with van der Waals surface area (Å²) in [6.45, 7) is 2.47. The lowest BCUT2D eigenvalue weighted by atomic mass is 10.3. The topological polar surface area (TPSA) is 58.2 Å². The summed E-state index contributed by atoms with van der Waals surface area (Å²) >= 11 is 8.67. The predicted molar refractivity (Wildman–Crippen MR) is 85.1 cm³/mol. The van der Waals surface area contributed by atoms with Crippen LogP contribution in [0.25, 0.3) is 0 Å². The monoisotopic (exact) mass is 350 g/mol. The molecule has 0 aliphatic carbocycles. The van der Waals surface area contributed by atoms with Gasteiger partial charge < -0.3 is 5.32 Å². The molecular weight excluding hydrogens is 336 g/mol. The quantitative estimate of drug-likeness (QED) is 0.841. The Labute approximate surface area is 131 Å². The summed E-state index contributed by atoms with van der Waals surface area (Å²) in [5.74, 6) is 0. The minimum atomic E-state index is -3.50. The lowest BCUT2D eigenvalue weighted by Crippen LogP contribution is -2.26. The molecule has 0 aliphatic rings. The number of hydrogen-bond donors (Lipinski definition) is 2. The van der Waals surface area contributed by atoms with Gasteiger partial charge in [-0.25, -0.2) is 13.1 Å². The first-order valence-corrected chi connectivity index (χ1v) is 9.47. The smallest absolute Gasteiger partial charge is 0.241 e. The molecule has 1 atom stereocenters. The normalized spacial score (nSPS) is 13.6. The Hall–Kier alpha value is -0.440.